The lowest BCUT2D eigenvalue weighted by Crippen LogP contribution is -2.60. The number of thiophene rings is 1. The maximum Gasteiger partial charge on any atom is 0.329 e. The van der Waals surface area contributed by atoms with Gasteiger partial charge in [-0.2, -0.15) is 0 Å². The Labute approximate surface area is 258 Å². The molecule has 0 radical (unpaired) electrons. The first-order valence-corrected chi connectivity index (χ1v) is 17.9. The number of benzene rings is 2. The van der Waals surface area contributed by atoms with Gasteiger partial charge in [0.05, 0.1) is 11.0 Å². The number of nitrogens with zero attached hydrogens (tertiary/aromatic N) is 2. The Morgan fingerprint density at radius 2 is 1.80 bits per heavy atom. The number of likely N-dealkylation sites (tertiary alicyclic amines) is 1. The van der Waals surface area contributed by atoms with Crippen molar-refractivity contribution in [2.45, 2.75) is 62.8 Å². The number of hydrogen-bond acceptors (Lipinski definition) is 5. The maximum atomic E-state index is 14.1. The number of amides is 3. The highest BCUT2D eigenvalue weighted by Crippen LogP contribution is 2.49. The van der Waals surface area contributed by atoms with E-state index in [2.05, 4.69) is 5.32 Å². The summed E-state index contributed by atoms with van der Waals surface area (Å²) in [7, 11) is -4.22. The number of hydrogen-bond donors (Lipinski definition) is 3. The maximum absolute atomic E-state index is 14.1. The number of fused-ring (bicyclic) bond motifs is 3. The van der Waals surface area contributed by atoms with Crippen LogP contribution in [0.25, 0.3) is 10.1 Å². The minimum Gasteiger partial charge on any atom is -0.340 e. The van der Waals surface area contributed by atoms with Gasteiger partial charge < -0.3 is 24.9 Å². The molecule has 3 N–H and O–H groups in total. The largest absolute Gasteiger partial charge is 0.340 e. The normalized spacial score (nSPS) is 26.9. The second-order valence-corrected chi connectivity index (χ2v) is 15.7. The van der Waals surface area contributed by atoms with Gasteiger partial charge >= 0.3 is 7.60 Å². The summed E-state index contributed by atoms with van der Waals surface area (Å²) in [6.45, 7) is 1.18. The van der Waals surface area contributed by atoms with Crippen LogP contribution >= 0.6 is 18.9 Å². The SMILES string of the molecule is O=C(N[C@H]1C[C@@H]2C[C@@H]2C[C@H]2CC[C@@H](C(=O)N3CC(Cc4cccc(F)c4)C3)N2C1=O)c1cc2cc(CP(=O)(O)O)ccc2s1. The molecule has 1 aliphatic carbocycles. The van der Waals surface area contributed by atoms with Gasteiger partial charge in [-0.15, -0.1) is 11.3 Å². The first-order chi connectivity index (χ1) is 21.0. The van der Waals surface area contributed by atoms with Gasteiger partial charge in [0.2, 0.25) is 11.8 Å². The van der Waals surface area contributed by atoms with Crippen LogP contribution in [0.15, 0.2) is 48.5 Å². The van der Waals surface area contributed by atoms with Crippen LogP contribution in [0.3, 0.4) is 0 Å². The van der Waals surface area contributed by atoms with Crippen LogP contribution in [-0.2, 0) is 26.7 Å². The van der Waals surface area contributed by atoms with Crippen LogP contribution in [0.1, 0.15) is 52.9 Å². The zero-order chi connectivity index (χ0) is 30.7. The van der Waals surface area contributed by atoms with E-state index >= 15 is 0 Å². The predicted molar refractivity (Wildman–Crippen MR) is 163 cm³/mol. The fraction of sp³-hybridized carbons (Fsp3) is 0.469. The third-order valence-corrected chi connectivity index (χ3v) is 11.6. The molecule has 232 valence electrons. The molecule has 7 rings (SSSR count). The van der Waals surface area contributed by atoms with Gasteiger partial charge in [-0.05, 0) is 103 Å². The minimum atomic E-state index is -4.22. The third kappa shape index (κ3) is 6.07. The molecule has 9 nitrogen and oxygen atoms in total. The van der Waals surface area contributed by atoms with E-state index in [0.29, 0.717) is 60.0 Å². The average molecular weight is 640 g/mol. The molecule has 0 unspecified atom stereocenters. The van der Waals surface area contributed by atoms with Gasteiger partial charge in [0.15, 0.2) is 0 Å². The molecule has 4 fully saturated rings. The molecular weight excluding hydrogens is 604 g/mol. The Morgan fingerprint density at radius 1 is 1.00 bits per heavy atom. The van der Waals surface area contributed by atoms with Gasteiger partial charge in [0, 0.05) is 23.8 Å². The molecule has 0 bridgehead atoms. The molecule has 1 saturated carbocycles. The summed E-state index contributed by atoms with van der Waals surface area (Å²) in [5.41, 5.74) is 1.41. The van der Waals surface area contributed by atoms with E-state index < -0.39 is 19.7 Å². The fourth-order valence-corrected chi connectivity index (χ4v) is 9.11. The van der Waals surface area contributed by atoms with Crippen LogP contribution in [0, 0.1) is 23.6 Å². The number of halogens is 1. The van der Waals surface area contributed by atoms with E-state index in [1.807, 2.05) is 11.0 Å². The summed E-state index contributed by atoms with van der Waals surface area (Å²) in [6.07, 6.45) is 4.21. The number of nitrogens with one attached hydrogen (secondary N) is 1. The van der Waals surface area contributed by atoms with Gasteiger partial charge in [-0.1, -0.05) is 18.2 Å². The van der Waals surface area contributed by atoms with Crippen molar-refractivity contribution in [3.05, 3.63) is 70.4 Å². The summed E-state index contributed by atoms with van der Waals surface area (Å²) in [5.74, 6) is 0.297. The van der Waals surface area contributed by atoms with Crippen molar-refractivity contribution in [1.82, 2.24) is 15.1 Å². The number of carbonyl (C=O) groups is 3. The summed E-state index contributed by atoms with van der Waals surface area (Å²) in [5, 5.41) is 3.71. The molecule has 0 spiro atoms. The first kappa shape index (κ1) is 29.6. The molecule has 2 aromatic carbocycles. The van der Waals surface area contributed by atoms with E-state index in [9.17, 15) is 33.1 Å². The van der Waals surface area contributed by atoms with Gasteiger partial charge in [-0.25, -0.2) is 4.39 Å². The van der Waals surface area contributed by atoms with Crippen molar-refractivity contribution in [2.24, 2.45) is 17.8 Å². The fourth-order valence-electron chi connectivity index (χ4n) is 7.49. The highest BCUT2D eigenvalue weighted by molar-refractivity contribution is 7.50. The van der Waals surface area contributed by atoms with Crippen LogP contribution < -0.4 is 5.32 Å². The van der Waals surface area contributed by atoms with E-state index in [4.69, 9.17) is 0 Å². The minimum absolute atomic E-state index is 0.00714. The molecule has 4 heterocycles. The predicted octanol–water partition coefficient (Wildman–Crippen LogP) is 4.31. The highest BCUT2D eigenvalue weighted by atomic mass is 32.1. The second-order valence-electron chi connectivity index (χ2n) is 13.0. The van der Waals surface area contributed by atoms with Gasteiger partial charge in [-0.3, -0.25) is 18.9 Å². The van der Waals surface area contributed by atoms with E-state index in [1.54, 1.807) is 35.2 Å². The third-order valence-electron chi connectivity index (χ3n) is 9.70. The van der Waals surface area contributed by atoms with E-state index in [-0.39, 0.29) is 41.7 Å². The molecule has 44 heavy (non-hydrogen) atoms. The highest BCUT2D eigenvalue weighted by Gasteiger charge is 2.52. The van der Waals surface area contributed by atoms with Crippen molar-refractivity contribution in [3.63, 3.8) is 0 Å². The van der Waals surface area contributed by atoms with Crippen molar-refractivity contribution < 1.29 is 33.1 Å². The lowest BCUT2D eigenvalue weighted by molar-refractivity contribution is -0.151. The molecule has 5 atom stereocenters. The zero-order valence-corrected chi connectivity index (χ0v) is 25.8. The van der Waals surface area contributed by atoms with Gasteiger partial charge in [0.1, 0.15) is 17.9 Å². The van der Waals surface area contributed by atoms with Crippen LogP contribution in [0.4, 0.5) is 4.39 Å². The first-order valence-electron chi connectivity index (χ1n) is 15.2. The van der Waals surface area contributed by atoms with Crippen LogP contribution in [-0.4, -0.2) is 68.5 Å². The lowest BCUT2D eigenvalue weighted by atomic mass is 9.91. The Hall–Kier alpha value is -3.11. The molecule has 12 heteroatoms. The molecule has 3 amide bonds. The van der Waals surface area contributed by atoms with Crippen molar-refractivity contribution in [1.29, 1.82) is 0 Å². The monoisotopic (exact) mass is 639 g/mol. The number of carbonyl (C=O) groups excluding carboxylic acids is 3. The molecule has 1 aromatic heterocycles. The smallest absolute Gasteiger partial charge is 0.329 e. The standard InChI is InChI=1S/C32H35FN3O6PS/c33-24-3-1-2-18(10-24)8-20-15-35(16-20)32(39)27-6-5-25-12-21-11-22(21)13-26(31(38)36(25)27)34-30(37)29-14-23-9-19(17-43(40,41)42)4-7-28(23)44-29/h1-4,7,9-10,14,20-22,25-27H,5-6,8,11-13,15-17H2,(H,34,37)(H2,40,41,42)/t21-,22+,25-,26+,27+/m1/s1. The Kier molecular flexibility index (Phi) is 7.64. The van der Waals surface area contributed by atoms with Crippen molar-refractivity contribution in [2.75, 3.05) is 13.1 Å². The van der Waals surface area contributed by atoms with Crippen molar-refractivity contribution in [3.8, 4) is 0 Å². The topological polar surface area (TPSA) is 127 Å². The molecule has 3 saturated heterocycles. The Balaban J connectivity index is 1.04. The second kappa shape index (κ2) is 11.4. The van der Waals surface area contributed by atoms with Crippen LogP contribution in [0.5, 0.6) is 0 Å². The summed E-state index contributed by atoms with van der Waals surface area (Å²) in [4.78, 5) is 63.9. The summed E-state index contributed by atoms with van der Waals surface area (Å²) >= 11 is 1.27. The summed E-state index contributed by atoms with van der Waals surface area (Å²) in [6, 6.07) is 12.1. The Bertz CT molecular complexity index is 1690. The van der Waals surface area contributed by atoms with Crippen molar-refractivity contribution >= 4 is 46.7 Å². The molecule has 3 aromatic rings. The Morgan fingerprint density at radius 3 is 2.57 bits per heavy atom. The van der Waals surface area contributed by atoms with E-state index in [1.165, 1.54) is 23.5 Å². The van der Waals surface area contributed by atoms with Crippen LogP contribution in [0.2, 0.25) is 0 Å². The van der Waals surface area contributed by atoms with Gasteiger partial charge in [0.25, 0.3) is 5.91 Å². The number of rotatable bonds is 7. The summed E-state index contributed by atoms with van der Waals surface area (Å²) < 4.78 is 25.9. The van der Waals surface area contributed by atoms with E-state index in [0.717, 1.165) is 29.5 Å². The quantitative estimate of drug-likeness (QED) is 0.331. The average Bonchev–Trinajstić information content (AvgIpc) is 3.31. The molecule has 4 aliphatic rings. The molecule has 3 aliphatic heterocycles. The lowest BCUT2D eigenvalue weighted by Gasteiger charge is -2.43. The molecular formula is C32H35FN3O6PS. The zero-order valence-electron chi connectivity index (χ0n) is 24.1.